The lowest BCUT2D eigenvalue weighted by molar-refractivity contribution is -0.111. The van der Waals surface area contributed by atoms with Gasteiger partial charge in [0.2, 0.25) is 5.91 Å². The second-order valence-corrected chi connectivity index (χ2v) is 9.36. The minimum Gasteiger partial charge on any atom is -0.323 e. The minimum atomic E-state index is -3.13. The molecule has 0 saturated carbocycles. The zero-order valence-corrected chi connectivity index (χ0v) is 18.9. The molecule has 1 aromatic heterocycles. The lowest BCUT2D eigenvalue weighted by Crippen LogP contribution is -2.07. The molecule has 31 heavy (non-hydrogen) atoms. The van der Waals surface area contributed by atoms with Gasteiger partial charge in [-0.3, -0.25) is 14.0 Å². The Morgan fingerprint density at radius 3 is 2.35 bits per heavy atom. The van der Waals surface area contributed by atoms with E-state index in [1.165, 1.54) is 25.9 Å². The van der Waals surface area contributed by atoms with Crippen LogP contribution in [0.25, 0.3) is 17.3 Å². The number of nitrogens with one attached hydrogen (secondary N) is 1. The Labute approximate surface area is 182 Å². The number of aromatic nitrogens is 2. The fourth-order valence-corrected chi connectivity index (χ4v) is 4.18. The first-order chi connectivity index (χ1) is 14.8. The first kappa shape index (κ1) is 22.7. The van der Waals surface area contributed by atoms with Crippen LogP contribution in [-0.4, -0.2) is 29.9 Å². The molecule has 7 nitrogen and oxygen atoms in total. The molecular formula is C23H26N3O4P. The van der Waals surface area contributed by atoms with Gasteiger partial charge in [0.15, 0.2) is 0 Å². The van der Waals surface area contributed by atoms with E-state index in [1.807, 2.05) is 38.2 Å². The summed E-state index contributed by atoms with van der Waals surface area (Å²) < 4.78 is 23.9. The number of anilines is 1. The Morgan fingerprint density at radius 1 is 1.10 bits per heavy atom. The topological polar surface area (TPSA) is 82.5 Å². The van der Waals surface area contributed by atoms with Crippen molar-refractivity contribution in [3.05, 3.63) is 77.5 Å². The van der Waals surface area contributed by atoms with Crippen LogP contribution in [0, 0.1) is 6.92 Å². The molecule has 8 heteroatoms. The van der Waals surface area contributed by atoms with Gasteiger partial charge < -0.3 is 14.4 Å². The summed E-state index contributed by atoms with van der Waals surface area (Å²) in [4.78, 5) is 12.4. The van der Waals surface area contributed by atoms with Crippen molar-refractivity contribution < 1.29 is 18.4 Å². The molecule has 0 radical (unpaired) electrons. The Bertz CT molecular complexity index is 1110. The Morgan fingerprint density at radius 2 is 1.74 bits per heavy atom. The average Bonchev–Trinajstić information content (AvgIpc) is 3.14. The van der Waals surface area contributed by atoms with Gasteiger partial charge >= 0.3 is 7.60 Å². The van der Waals surface area contributed by atoms with Crippen molar-refractivity contribution in [3.8, 4) is 11.3 Å². The zero-order valence-electron chi connectivity index (χ0n) is 18.0. The quantitative estimate of drug-likeness (QED) is 0.393. The smallest absolute Gasteiger partial charge is 0.323 e. The number of amides is 1. The van der Waals surface area contributed by atoms with E-state index in [1.54, 1.807) is 41.2 Å². The predicted molar refractivity (Wildman–Crippen MR) is 123 cm³/mol. The maximum absolute atomic E-state index is 12.4. The molecule has 0 aliphatic heterocycles. The number of carbonyl (C=O) groups excluding carboxylic acids is 1. The molecule has 0 bridgehead atoms. The van der Waals surface area contributed by atoms with Gasteiger partial charge in [-0.05, 0) is 30.7 Å². The third-order valence-corrected chi connectivity index (χ3v) is 6.73. The molecule has 2 aromatic carbocycles. The van der Waals surface area contributed by atoms with Gasteiger partial charge in [-0.1, -0.05) is 42.0 Å². The van der Waals surface area contributed by atoms with Crippen molar-refractivity contribution in [3.63, 3.8) is 0 Å². The summed E-state index contributed by atoms with van der Waals surface area (Å²) in [5, 5.41) is 7.14. The van der Waals surface area contributed by atoms with Crippen molar-refractivity contribution in [2.45, 2.75) is 13.1 Å². The summed E-state index contributed by atoms with van der Waals surface area (Å²) in [6.45, 7) is 2.04. The monoisotopic (exact) mass is 439 g/mol. The molecule has 0 atom stereocenters. The van der Waals surface area contributed by atoms with Crippen LogP contribution in [0.15, 0.2) is 60.8 Å². The van der Waals surface area contributed by atoms with E-state index < -0.39 is 7.60 Å². The van der Waals surface area contributed by atoms with Crippen LogP contribution >= 0.6 is 7.60 Å². The number of rotatable bonds is 8. The average molecular weight is 439 g/mol. The highest BCUT2D eigenvalue weighted by Crippen LogP contribution is 2.49. The Kier molecular flexibility index (Phi) is 7.23. The number of carbonyl (C=O) groups is 1. The highest BCUT2D eigenvalue weighted by molar-refractivity contribution is 7.52. The maximum Gasteiger partial charge on any atom is 0.334 e. The third-order valence-electron chi connectivity index (χ3n) is 4.86. The van der Waals surface area contributed by atoms with E-state index in [9.17, 15) is 9.36 Å². The molecule has 0 fully saturated rings. The highest BCUT2D eigenvalue weighted by atomic mass is 31.2. The zero-order chi connectivity index (χ0) is 22.4. The Balaban J connectivity index is 1.68. The molecule has 0 spiro atoms. The number of hydrogen-bond donors (Lipinski definition) is 1. The van der Waals surface area contributed by atoms with E-state index in [4.69, 9.17) is 9.05 Å². The first-order valence-electron chi connectivity index (χ1n) is 9.71. The molecular weight excluding hydrogens is 413 g/mol. The summed E-state index contributed by atoms with van der Waals surface area (Å²) >= 11 is 0. The largest absolute Gasteiger partial charge is 0.334 e. The molecule has 0 unspecified atom stereocenters. The van der Waals surface area contributed by atoms with Crippen molar-refractivity contribution in [2.24, 2.45) is 7.05 Å². The summed E-state index contributed by atoms with van der Waals surface area (Å²) in [6, 6.07) is 15.2. The van der Waals surface area contributed by atoms with Gasteiger partial charge in [-0.15, -0.1) is 0 Å². The number of nitrogens with zero attached hydrogens (tertiary/aromatic N) is 2. The summed E-state index contributed by atoms with van der Waals surface area (Å²) in [5.74, 6) is -0.258. The summed E-state index contributed by atoms with van der Waals surface area (Å²) in [5.41, 5.74) is 5.43. The Hall–Kier alpha value is -2.99. The van der Waals surface area contributed by atoms with Crippen LogP contribution in [-0.2, 0) is 31.6 Å². The fourth-order valence-electron chi connectivity index (χ4n) is 3.11. The summed E-state index contributed by atoms with van der Waals surface area (Å²) in [7, 11) is 1.46. The number of hydrogen-bond acceptors (Lipinski definition) is 5. The first-order valence-corrected chi connectivity index (χ1v) is 11.4. The molecule has 0 aliphatic rings. The number of aryl methyl sites for hydroxylation is 2. The van der Waals surface area contributed by atoms with Crippen molar-refractivity contribution >= 4 is 25.3 Å². The fraction of sp³-hybridized carbons (Fsp3) is 0.217. The predicted octanol–water partition coefficient (Wildman–Crippen LogP) is 5.03. The third kappa shape index (κ3) is 5.79. The van der Waals surface area contributed by atoms with Crippen molar-refractivity contribution in [1.29, 1.82) is 0 Å². The van der Waals surface area contributed by atoms with E-state index in [2.05, 4.69) is 10.4 Å². The molecule has 3 aromatic rings. The minimum absolute atomic E-state index is 0.164. The van der Waals surface area contributed by atoms with Crippen LogP contribution in [0.4, 0.5) is 5.69 Å². The van der Waals surface area contributed by atoms with E-state index >= 15 is 0 Å². The summed E-state index contributed by atoms with van der Waals surface area (Å²) in [6.07, 6.45) is 5.13. The van der Waals surface area contributed by atoms with Gasteiger partial charge in [0, 0.05) is 44.2 Å². The van der Waals surface area contributed by atoms with Gasteiger partial charge in [0.1, 0.15) is 0 Å². The van der Waals surface area contributed by atoms with Crippen LogP contribution in [0.1, 0.15) is 16.7 Å². The molecule has 1 N–H and O–H groups in total. The van der Waals surface area contributed by atoms with E-state index in [0.717, 1.165) is 22.4 Å². The maximum atomic E-state index is 12.4. The normalized spacial score (nSPS) is 11.7. The molecule has 1 heterocycles. The lowest BCUT2D eigenvalue weighted by atomic mass is 10.1. The molecule has 0 saturated heterocycles. The van der Waals surface area contributed by atoms with E-state index in [-0.39, 0.29) is 12.1 Å². The van der Waals surface area contributed by atoms with Gasteiger partial charge in [0.25, 0.3) is 0 Å². The van der Waals surface area contributed by atoms with Crippen LogP contribution in [0.3, 0.4) is 0 Å². The van der Waals surface area contributed by atoms with Gasteiger partial charge in [0.05, 0.1) is 18.1 Å². The highest BCUT2D eigenvalue weighted by Gasteiger charge is 2.21. The standard InChI is InChI=1S/C23H26N3O4P/c1-17-5-9-19(10-6-17)23-20(15-24-26(23)2)11-14-22(27)25-21-12-7-18(8-13-21)16-31(28,29-3)30-4/h5-15H,16H2,1-4H3,(H,25,27)/b14-11+. The van der Waals surface area contributed by atoms with E-state index in [0.29, 0.717) is 5.69 Å². The van der Waals surface area contributed by atoms with Crippen LogP contribution in [0.2, 0.25) is 0 Å². The molecule has 0 aliphatic carbocycles. The number of benzene rings is 2. The van der Waals surface area contributed by atoms with Crippen LogP contribution < -0.4 is 5.32 Å². The van der Waals surface area contributed by atoms with Gasteiger partial charge in [-0.2, -0.15) is 5.10 Å². The van der Waals surface area contributed by atoms with Crippen molar-refractivity contribution in [2.75, 3.05) is 19.5 Å². The molecule has 1 amide bonds. The lowest BCUT2D eigenvalue weighted by Gasteiger charge is -2.13. The molecule has 162 valence electrons. The second-order valence-electron chi connectivity index (χ2n) is 7.09. The van der Waals surface area contributed by atoms with Crippen LogP contribution in [0.5, 0.6) is 0 Å². The molecule has 3 rings (SSSR count). The van der Waals surface area contributed by atoms with Crippen molar-refractivity contribution in [1.82, 2.24) is 9.78 Å². The van der Waals surface area contributed by atoms with Gasteiger partial charge in [-0.25, -0.2) is 0 Å². The second kappa shape index (κ2) is 9.88. The SMILES string of the molecule is COP(=O)(Cc1ccc(NC(=O)/C=C/c2cnn(C)c2-c2ccc(C)cc2)cc1)OC.